The van der Waals surface area contributed by atoms with Gasteiger partial charge in [0.25, 0.3) is 0 Å². The van der Waals surface area contributed by atoms with Gasteiger partial charge in [0.1, 0.15) is 5.82 Å². The molecule has 6 heteroatoms. The summed E-state index contributed by atoms with van der Waals surface area (Å²) in [7, 11) is 0. The number of pyridine rings is 1. The van der Waals surface area contributed by atoms with Gasteiger partial charge in [-0.15, -0.1) is 10.2 Å². The summed E-state index contributed by atoms with van der Waals surface area (Å²) in [5.74, 6) is 0.918. The van der Waals surface area contributed by atoms with Gasteiger partial charge in [-0.25, -0.2) is 0 Å². The van der Waals surface area contributed by atoms with E-state index < -0.39 is 0 Å². The Morgan fingerprint density at radius 1 is 1.24 bits per heavy atom. The number of carbonyl (C=O) groups is 1. The number of aromatic nitrogens is 3. The predicted octanol–water partition coefficient (Wildman–Crippen LogP) is 2.68. The molecule has 0 aliphatic heterocycles. The molecule has 1 saturated carbocycles. The second kappa shape index (κ2) is 6.64. The monoisotopic (exact) mass is 336 g/mol. The van der Waals surface area contributed by atoms with Crippen molar-refractivity contribution < 1.29 is 9.53 Å². The Morgan fingerprint density at radius 2 is 2.08 bits per heavy atom. The minimum Gasteiger partial charge on any atom is -0.378 e. The smallest absolute Gasteiger partial charge is 0.230 e. The van der Waals surface area contributed by atoms with E-state index in [2.05, 4.69) is 15.5 Å². The molecule has 1 fully saturated rings. The Morgan fingerprint density at radius 3 is 2.88 bits per heavy atom. The number of ether oxygens (including phenoxy) is 1. The summed E-state index contributed by atoms with van der Waals surface area (Å²) >= 11 is 0. The van der Waals surface area contributed by atoms with Crippen molar-refractivity contribution in [1.29, 1.82) is 0 Å². The molecule has 0 spiro atoms. The fourth-order valence-corrected chi connectivity index (χ4v) is 2.98. The van der Waals surface area contributed by atoms with Gasteiger partial charge in [-0.2, -0.15) is 0 Å². The van der Waals surface area contributed by atoms with Crippen LogP contribution in [0.5, 0.6) is 0 Å². The van der Waals surface area contributed by atoms with Crippen LogP contribution in [0.25, 0.3) is 5.65 Å². The van der Waals surface area contributed by atoms with E-state index in [9.17, 15) is 4.79 Å². The van der Waals surface area contributed by atoms with Crippen molar-refractivity contribution in [1.82, 2.24) is 14.6 Å². The van der Waals surface area contributed by atoms with Crippen molar-refractivity contribution in [2.75, 3.05) is 11.9 Å². The van der Waals surface area contributed by atoms with E-state index in [0.717, 1.165) is 29.1 Å². The molecule has 3 aromatic rings. The van der Waals surface area contributed by atoms with Crippen LogP contribution in [0.15, 0.2) is 48.7 Å². The second-order valence-electron chi connectivity index (χ2n) is 6.24. The first kappa shape index (κ1) is 15.8. The van der Waals surface area contributed by atoms with Gasteiger partial charge in [0, 0.05) is 24.9 Å². The maximum Gasteiger partial charge on any atom is 0.230 e. The molecule has 1 N–H and O–H groups in total. The Kier molecular flexibility index (Phi) is 4.19. The first-order valence-corrected chi connectivity index (χ1v) is 8.54. The topological polar surface area (TPSA) is 68.5 Å². The summed E-state index contributed by atoms with van der Waals surface area (Å²) in [4.78, 5) is 12.1. The Labute approximate surface area is 145 Å². The summed E-state index contributed by atoms with van der Waals surface area (Å²) in [5.41, 5.74) is 2.77. The summed E-state index contributed by atoms with van der Waals surface area (Å²) in [5, 5.41) is 11.4. The molecule has 4 rings (SSSR count). The number of hydrogen-bond acceptors (Lipinski definition) is 4. The van der Waals surface area contributed by atoms with E-state index in [0.29, 0.717) is 13.0 Å². The highest BCUT2D eigenvalue weighted by molar-refractivity contribution is 5.94. The standard InChI is InChI=1S/C19H20N4O2/c1-2-25-16-12-15(16)19(24)20-14-8-6-13(7-9-14)11-18-22-21-17-5-3-4-10-23(17)18/h3-10,15-16H,2,11-12H2,1H3,(H,20,24)/t15-,16+/m1/s1. The molecule has 0 bridgehead atoms. The molecule has 0 radical (unpaired) electrons. The number of carbonyl (C=O) groups excluding carboxylic acids is 1. The van der Waals surface area contributed by atoms with Crippen LogP contribution in [-0.4, -0.2) is 33.2 Å². The van der Waals surface area contributed by atoms with Crippen LogP contribution >= 0.6 is 0 Å². The van der Waals surface area contributed by atoms with E-state index >= 15 is 0 Å². The maximum absolute atomic E-state index is 12.1. The highest BCUT2D eigenvalue weighted by Crippen LogP contribution is 2.34. The van der Waals surface area contributed by atoms with Crippen LogP contribution in [0.2, 0.25) is 0 Å². The minimum atomic E-state index is -0.0121. The molecule has 1 amide bonds. The van der Waals surface area contributed by atoms with E-state index in [1.54, 1.807) is 0 Å². The summed E-state index contributed by atoms with van der Waals surface area (Å²) in [6.45, 7) is 2.60. The van der Waals surface area contributed by atoms with Gasteiger partial charge in [0.2, 0.25) is 5.91 Å². The molecule has 2 aromatic heterocycles. The molecule has 2 heterocycles. The zero-order chi connectivity index (χ0) is 17.2. The molecule has 0 saturated heterocycles. The van der Waals surface area contributed by atoms with Crippen molar-refractivity contribution >= 4 is 17.2 Å². The fourth-order valence-electron chi connectivity index (χ4n) is 2.98. The first-order chi connectivity index (χ1) is 12.2. The highest BCUT2D eigenvalue weighted by atomic mass is 16.5. The quantitative estimate of drug-likeness (QED) is 0.751. The maximum atomic E-state index is 12.1. The highest BCUT2D eigenvalue weighted by Gasteiger charge is 2.43. The van der Waals surface area contributed by atoms with Crippen molar-refractivity contribution in [3.8, 4) is 0 Å². The second-order valence-corrected chi connectivity index (χ2v) is 6.24. The molecule has 1 aromatic carbocycles. The molecule has 0 unspecified atom stereocenters. The SMILES string of the molecule is CCO[C@H]1C[C@H]1C(=O)Nc1ccc(Cc2nnc3ccccn23)cc1. The molecule has 1 aliphatic carbocycles. The Balaban J connectivity index is 1.40. The lowest BCUT2D eigenvalue weighted by molar-refractivity contribution is -0.118. The number of nitrogens with zero attached hydrogens (tertiary/aromatic N) is 3. The number of anilines is 1. The summed E-state index contributed by atoms with van der Waals surface area (Å²) < 4.78 is 7.44. The van der Waals surface area contributed by atoms with Crippen molar-refractivity contribution in [2.24, 2.45) is 5.92 Å². The fraction of sp³-hybridized carbons (Fsp3) is 0.316. The van der Waals surface area contributed by atoms with Crippen molar-refractivity contribution in [3.63, 3.8) is 0 Å². The summed E-state index contributed by atoms with van der Waals surface area (Å²) in [6, 6.07) is 13.7. The minimum absolute atomic E-state index is 0.0121. The molecule has 2 atom stereocenters. The van der Waals surface area contributed by atoms with Gasteiger partial charge in [-0.1, -0.05) is 18.2 Å². The van der Waals surface area contributed by atoms with Crippen LogP contribution in [0.1, 0.15) is 24.7 Å². The molecule has 25 heavy (non-hydrogen) atoms. The number of hydrogen-bond donors (Lipinski definition) is 1. The van der Waals surface area contributed by atoms with Gasteiger partial charge in [0.05, 0.1) is 12.0 Å². The van der Waals surface area contributed by atoms with Crippen LogP contribution in [0.4, 0.5) is 5.69 Å². The van der Waals surface area contributed by atoms with E-state index in [1.165, 1.54) is 0 Å². The first-order valence-electron chi connectivity index (χ1n) is 8.54. The Bertz CT molecular complexity index is 888. The number of rotatable bonds is 6. The summed E-state index contributed by atoms with van der Waals surface area (Å²) in [6.07, 6.45) is 3.56. The lowest BCUT2D eigenvalue weighted by atomic mass is 10.1. The van der Waals surface area contributed by atoms with Crippen LogP contribution in [0, 0.1) is 5.92 Å². The molecular formula is C19H20N4O2. The zero-order valence-electron chi connectivity index (χ0n) is 14.1. The van der Waals surface area contributed by atoms with E-state index in [1.807, 2.05) is 60.0 Å². The molecular weight excluding hydrogens is 316 g/mol. The predicted molar refractivity (Wildman–Crippen MR) is 94.4 cm³/mol. The molecule has 128 valence electrons. The molecule has 6 nitrogen and oxygen atoms in total. The number of nitrogens with one attached hydrogen (secondary N) is 1. The van der Waals surface area contributed by atoms with Crippen LogP contribution in [-0.2, 0) is 16.0 Å². The third kappa shape index (κ3) is 3.39. The van der Waals surface area contributed by atoms with Gasteiger partial charge in [-0.05, 0) is 43.2 Å². The normalized spacial score (nSPS) is 19.1. The van der Waals surface area contributed by atoms with Crippen molar-refractivity contribution in [2.45, 2.75) is 25.9 Å². The van der Waals surface area contributed by atoms with Crippen LogP contribution in [0.3, 0.4) is 0 Å². The van der Waals surface area contributed by atoms with Gasteiger partial charge in [-0.3, -0.25) is 9.20 Å². The lowest BCUT2D eigenvalue weighted by Crippen LogP contribution is -2.16. The van der Waals surface area contributed by atoms with Gasteiger partial charge < -0.3 is 10.1 Å². The molecule has 1 aliphatic rings. The largest absolute Gasteiger partial charge is 0.378 e. The number of fused-ring (bicyclic) bond motifs is 1. The number of benzene rings is 1. The Hall–Kier alpha value is -2.73. The average Bonchev–Trinajstić information content (AvgIpc) is 3.29. The van der Waals surface area contributed by atoms with E-state index in [-0.39, 0.29) is 17.9 Å². The lowest BCUT2D eigenvalue weighted by Gasteiger charge is -2.06. The van der Waals surface area contributed by atoms with Gasteiger partial charge in [0.15, 0.2) is 5.65 Å². The number of amides is 1. The zero-order valence-corrected chi connectivity index (χ0v) is 14.1. The van der Waals surface area contributed by atoms with Crippen LogP contribution < -0.4 is 5.32 Å². The third-order valence-electron chi connectivity index (χ3n) is 4.42. The van der Waals surface area contributed by atoms with E-state index in [4.69, 9.17) is 4.74 Å². The average molecular weight is 336 g/mol. The van der Waals surface area contributed by atoms with Crippen molar-refractivity contribution in [3.05, 3.63) is 60.0 Å². The third-order valence-corrected chi connectivity index (χ3v) is 4.42. The van der Waals surface area contributed by atoms with Gasteiger partial charge >= 0.3 is 0 Å².